The fourth-order valence-electron chi connectivity index (χ4n) is 4.67. The molecule has 5 nitrogen and oxygen atoms in total. The summed E-state index contributed by atoms with van der Waals surface area (Å²) in [5.41, 5.74) is 3.85. The molecule has 0 aliphatic rings. The molecule has 204 valence electrons. The van der Waals surface area contributed by atoms with E-state index in [1.54, 1.807) is 30.5 Å². The Kier molecular flexibility index (Phi) is 9.60. The maximum absolute atomic E-state index is 13.4. The van der Waals surface area contributed by atoms with Gasteiger partial charge >= 0.3 is 0 Å². The zero-order valence-corrected chi connectivity index (χ0v) is 22.9. The zero-order valence-electron chi connectivity index (χ0n) is 22.9. The second-order valence-corrected chi connectivity index (χ2v) is 9.21. The minimum atomic E-state index is -0.504. The molecule has 0 aliphatic heterocycles. The lowest BCUT2D eigenvalue weighted by Crippen LogP contribution is -2.19. The van der Waals surface area contributed by atoms with Crippen molar-refractivity contribution in [2.45, 2.75) is 33.0 Å². The largest absolute Gasteiger partial charge is 0.507 e. The quantitative estimate of drug-likeness (QED) is 0.195. The van der Waals surface area contributed by atoms with Crippen LogP contribution in [0.15, 0.2) is 103 Å². The predicted molar refractivity (Wildman–Crippen MR) is 157 cm³/mol. The van der Waals surface area contributed by atoms with Crippen molar-refractivity contribution in [3.05, 3.63) is 137 Å². The van der Waals surface area contributed by atoms with E-state index >= 15 is 0 Å². The van der Waals surface area contributed by atoms with E-state index in [1.165, 1.54) is 12.1 Å². The molecule has 0 amide bonds. The first-order valence-electron chi connectivity index (χ1n) is 13.3. The molecule has 4 aromatic carbocycles. The number of halogens is 1. The van der Waals surface area contributed by atoms with Gasteiger partial charge in [0.05, 0.1) is 5.56 Å². The van der Waals surface area contributed by atoms with Crippen molar-refractivity contribution < 1.29 is 19.0 Å². The Labute approximate surface area is 234 Å². The first-order valence-corrected chi connectivity index (χ1v) is 13.3. The minimum absolute atomic E-state index is 0.00974. The number of rotatable bonds is 9. The molecule has 6 heteroatoms. The number of aromatic nitrogens is 1. The van der Waals surface area contributed by atoms with Gasteiger partial charge in [0.2, 0.25) is 0 Å². The van der Waals surface area contributed by atoms with Crippen LogP contribution < -0.4 is 4.74 Å². The van der Waals surface area contributed by atoms with Gasteiger partial charge in [-0.05, 0) is 48.0 Å². The van der Waals surface area contributed by atoms with E-state index in [4.69, 9.17) is 4.74 Å². The van der Waals surface area contributed by atoms with Gasteiger partial charge in [-0.15, -0.1) is 0 Å². The topological polar surface area (TPSA) is 62.7 Å². The monoisotopic (exact) mass is 536 g/mol. The molecule has 0 radical (unpaired) electrons. The Morgan fingerprint density at radius 1 is 0.875 bits per heavy atom. The summed E-state index contributed by atoms with van der Waals surface area (Å²) in [4.78, 5) is 19.0. The predicted octanol–water partition coefficient (Wildman–Crippen LogP) is 7.72. The van der Waals surface area contributed by atoms with E-state index < -0.39 is 6.10 Å². The zero-order chi connectivity index (χ0) is 28.5. The molecule has 0 saturated carbocycles. The van der Waals surface area contributed by atoms with E-state index in [0.717, 1.165) is 23.0 Å². The fourth-order valence-corrected chi connectivity index (χ4v) is 4.67. The Hall–Kier alpha value is -4.55. The highest BCUT2D eigenvalue weighted by molar-refractivity contribution is 5.99. The van der Waals surface area contributed by atoms with Crippen molar-refractivity contribution in [2.24, 2.45) is 0 Å². The third-order valence-electron chi connectivity index (χ3n) is 6.49. The normalized spacial score (nSPS) is 10.8. The van der Waals surface area contributed by atoms with E-state index in [1.807, 2.05) is 86.5 Å². The van der Waals surface area contributed by atoms with Gasteiger partial charge < -0.3 is 9.84 Å². The van der Waals surface area contributed by atoms with Crippen molar-refractivity contribution in [3.63, 3.8) is 0 Å². The van der Waals surface area contributed by atoms with Crippen molar-refractivity contribution in [2.75, 3.05) is 7.05 Å². The van der Waals surface area contributed by atoms with Gasteiger partial charge in [0.15, 0.2) is 12.0 Å². The number of hydrogen-bond acceptors (Lipinski definition) is 5. The van der Waals surface area contributed by atoms with Crippen molar-refractivity contribution >= 4 is 17.2 Å². The van der Waals surface area contributed by atoms with E-state index in [-0.39, 0.29) is 23.7 Å². The molecule has 0 unspecified atom stereocenters. The van der Waals surface area contributed by atoms with Crippen LogP contribution >= 0.6 is 0 Å². The number of aromatic hydroxyl groups is 1. The van der Waals surface area contributed by atoms with Crippen LogP contribution in [-0.4, -0.2) is 28.3 Å². The van der Waals surface area contributed by atoms with Crippen molar-refractivity contribution in [1.82, 2.24) is 9.88 Å². The van der Waals surface area contributed by atoms with E-state index in [9.17, 15) is 14.3 Å². The Morgan fingerprint density at radius 3 is 2.05 bits per heavy atom. The summed E-state index contributed by atoms with van der Waals surface area (Å²) in [6, 6.07) is 29.3. The van der Waals surface area contributed by atoms with Crippen LogP contribution in [0.1, 0.15) is 52.6 Å². The molecule has 5 rings (SSSR count). The summed E-state index contributed by atoms with van der Waals surface area (Å²) in [6.07, 6.45) is 1.83. The highest BCUT2D eigenvalue weighted by Crippen LogP contribution is 2.42. The Morgan fingerprint density at radius 2 is 1.48 bits per heavy atom. The minimum Gasteiger partial charge on any atom is -0.507 e. The summed E-state index contributed by atoms with van der Waals surface area (Å²) in [6.45, 7) is 4.76. The van der Waals surface area contributed by atoms with Crippen LogP contribution in [0.5, 0.6) is 11.5 Å². The summed E-state index contributed by atoms with van der Waals surface area (Å²) in [5.74, 6) is 0.00765. The molecule has 40 heavy (non-hydrogen) atoms. The molecule has 0 fully saturated rings. The average Bonchev–Trinajstić information content (AvgIpc) is 3.01. The third-order valence-corrected chi connectivity index (χ3v) is 6.49. The number of carbonyl (C=O) groups is 1. The van der Waals surface area contributed by atoms with Gasteiger partial charge in [0, 0.05) is 30.2 Å². The Bertz CT molecular complexity index is 1500. The number of phenols is 1. The van der Waals surface area contributed by atoms with Crippen LogP contribution in [0, 0.1) is 5.82 Å². The maximum Gasteiger partial charge on any atom is 0.158 e. The molecule has 1 aromatic heterocycles. The standard InChI is InChI=1S/C32H27FN2O3.C2H6/c1-35(19-22-14-16-25(33)17-15-22)20-27-28(21-36)32(29-26(30(27)37)13-8-18-34-29)38-31(23-9-4-2-5-10-23)24-11-6-3-7-12-24;1-2/h2-18,21,31,37H,19-20H2,1H3;1-2H3. The van der Waals surface area contributed by atoms with Crippen LogP contribution in [0.2, 0.25) is 0 Å². The smallest absolute Gasteiger partial charge is 0.158 e. The van der Waals surface area contributed by atoms with E-state index in [0.29, 0.717) is 28.8 Å². The number of pyridine rings is 1. The van der Waals surface area contributed by atoms with Gasteiger partial charge in [0.25, 0.3) is 0 Å². The van der Waals surface area contributed by atoms with Crippen LogP contribution in [0.25, 0.3) is 10.9 Å². The summed E-state index contributed by atoms with van der Waals surface area (Å²) in [5, 5.41) is 11.8. The lowest BCUT2D eigenvalue weighted by Gasteiger charge is -2.25. The molecule has 0 atom stereocenters. The summed E-state index contributed by atoms with van der Waals surface area (Å²) < 4.78 is 20.0. The molecule has 0 bridgehead atoms. The Balaban J connectivity index is 0.00000181. The van der Waals surface area contributed by atoms with Crippen molar-refractivity contribution in [1.29, 1.82) is 0 Å². The third kappa shape index (κ3) is 6.35. The number of hydrogen-bond donors (Lipinski definition) is 1. The molecule has 0 spiro atoms. The highest BCUT2D eigenvalue weighted by atomic mass is 19.1. The SMILES string of the molecule is CC.CN(Cc1ccc(F)cc1)Cc1c(C=O)c(OC(c2ccccc2)c2ccccc2)c2ncccc2c1O. The van der Waals surface area contributed by atoms with Crippen LogP contribution in [0.3, 0.4) is 0 Å². The van der Waals surface area contributed by atoms with Gasteiger partial charge in [-0.25, -0.2) is 4.39 Å². The van der Waals surface area contributed by atoms with Gasteiger partial charge in [0.1, 0.15) is 23.2 Å². The molecular formula is C34H33FN2O3. The van der Waals surface area contributed by atoms with Gasteiger partial charge in [-0.3, -0.25) is 14.7 Å². The molecule has 1 heterocycles. The number of benzene rings is 4. The number of nitrogens with zero attached hydrogens (tertiary/aromatic N) is 2. The molecular weight excluding hydrogens is 503 g/mol. The first-order chi connectivity index (χ1) is 19.5. The maximum atomic E-state index is 13.4. The second kappa shape index (κ2) is 13.5. The molecule has 5 aromatic rings. The van der Waals surface area contributed by atoms with E-state index in [2.05, 4.69) is 4.98 Å². The molecule has 0 saturated heterocycles. The second-order valence-electron chi connectivity index (χ2n) is 9.21. The number of carbonyl (C=O) groups excluding carboxylic acids is 1. The van der Waals surface area contributed by atoms with Crippen LogP contribution in [-0.2, 0) is 13.1 Å². The fraction of sp³-hybridized carbons (Fsp3) is 0.176. The summed E-state index contributed by atoms with van der Waals surface area (Å²) in [7, 11) is 1.88. The highest BCUT2D eigenvalue weighted by Gasteiger charge is 2.25. The van der Waals surface area contributed by atoms with Gasteiger partial charge in [-0.2, -0.15) is 0 Å². The van der Waals surface area contributed by atoms with Crippen LogP contribution in [0.4, 0.5) is 4.39 Å². The number of ether oxygens (including phenoxy) is 1. The number of fused-ring (bicyclic) bond motifs is 1. The lowest BCUT2D eigenvalue weighted by atomic mass is 9.98. The number of aldehydes is 1. The average molecular weight is 537 g/mol. The molecule has 0 aliphatic carbocycles. The number of phenolic OH excluding ortho intramolecular Hbond substituents is 1. The molecule has 1 N–H and O–H groups in total. The van der Waals surface area contributed by atoms with Crippen molar-refractivity contribution in [3.8, 4) is 11.5 Å². The first kappa shape index (κ1) is 28.5. The lowest BCUT2D eigenvalue weighted by molar-refractivity contribution is 0.111. The van der Waals surface area contributed by atoms with Gasteiger partial charge in [-0.1, -0.05) is 86.6 Å². The summed E-state index contributed by atoms with van der Waals surface area (Å²) >= 11 is 0.